The zero-order valence-corrected chi connectivity index (χ0v) is 16.7. The van der Waals surface area contributed by atoms with Crippen molar-refractivity contribution in [3.63, 3.8) is 0 Å². The lowest BCUT2D eigenvalue weighted by atomic mass is 9.79. The van der Waals surface area contributed by atoms with E-state index in [-0.39, 0.29) is 0 Å². The molecule has 0 unspecified atom stereocenters. The summed E-state index contributed by atoms with van der Waals surface area (Å²) in [5, 5.41) is 0.793. The molecular weight excluding hydrogens is 336 g/mol. The molecule has 0 saturated heterocycles. The summed E-state index contributed by atoms with van der Waals surface area (Å²) in [5.41, 5.74) is 3.97. The molecule has 1 aliphatic carbocycles. The number of rotatable bonds is 7. The Morgan fingerprint density at radius 1 is 0.885 bits per heavy atom. The third-order valence-corrected chi connectivity index (χ3v) is 5.98. The van der Waals surface area contributed by atoms with Crippen molar-refractivity contribution in [3.8, 4) is 11.1 Å². The van der Waals surface area contributed by atoms with Gasteiger partial charge in [0, 0.05) is 5.02 Å². The number of aryl methyl sites for hydroxylation is 1. The van der Waals surface area contributed by atoms with Crippen molar-refractivity contribution in [2.45, 2.75) is 58.3 Å². The fraction of sp³-hybridized carbons (Fsp3) is 0.440. The fourth-order valence-electron chi connectivity index (χ4n) is 4.00. The molecule has 2 aromatic rings. The molecule has 138 valence electrons. The van der Waals surface area contributed by atoms with E-state index in [0.29, 0.717) is 0 Å². The van der Waals surface area contributed by atoms with Gasteiger partial charge in [-0.05, 0) is 85.6 Å². The first-order chi connectivity index (χ1) is 12.7. The Morgan fingerprint density at radius 2 is 1.50 bits per heavy atom. The van der Waals surface area contributed by atoms with Gasteiger partial charge >= 0.3 is 0 Å². The Morgan fingerprint density at radius 3 is 2.12 bits per heavy atom. The monoisotopic (exact) mass is 366 g/mol. The van der Waals surface area contributed by atoms with Crippen LogP contribution in [-0.4, -0.2) is 0 Å². The fourth-order valence-corrected chi connectivity index (χ4v) is 4.13. The van der Waals surface area contributed by atoms with Gasteiger partial charge in [0.05, 0.1) is 0 Å². The SMILES string of the molecule is CCC/C=C/[C@H]1CC[C@H](CCc2ccc(-c3ccc(Cl)cc3)cc2)CC1. The van der Waals surface area contributed by atoms with Crippen LogP contribution in [0.4, 0.5) is 0 Å². The molecule has 0 nitrogen and oxygen atoms in total. The minimum Gasteiger partial charge on any atom is -0.0883 e. The molecule has 2 aromatic carbocycles. The van der Waals surface area contributed by atoms with Crippen molar-refractivity contribution in [3.05, 3.63) is 71.3 Å². The molecule has 1 heteroatoms. The van der Waals surface area contributed by atoms with Gasteiger partial charge in [0.25, 0.3) is 0 Å². The number of benzene rings is 2. The van der Waals surface area contributed by atoms with Gasteiger partial charge in [-0.25, -0.2) is 0 Å². The van der Waals surface area contributed by atoms with Crippen molar-refractivity contribution in [1.29, 1.82) is 0 Å². The first kappa shape index (κ1) is 19.2. The van der Waals surface area contributed by atoms with Crippen molar-refractivity contribution < 1.29 is 0 Å². The molecule has 0 N–H and O–H groups in total. The van der Waals surface area contributed by atoms with Gasteiger partial charge < -0.3 is 0 Å². The van der Waals surface area contributed by atoms with E-state index in [2.05, 4.69) is 55.5 Å². The maximum absolute atomic E-state index is 5.98. The Hall–Kier alpha value is -1.53. The summed E-state index contributed by atoms with van der Waals surface area (Å²) in [6.07, 6.45) is 15.5. The standard InChI is InChI=1S/C25H31Cl/c1-2-3-4-5-20-6-8-21(9-7-20)10-11-22-12-14-23(15-13-22)24-16-18-25(26)19-17-24/h4-5,12-21H,2-3,6-11H2,1H3/b5-4+/t20-,21-. The second-order valence-corrected chi connectivity index (χ2v) is 8.18. The molecule has 3 rings (SSSR count). The average molecular weight is 367 g/mol. The lowest BCUT2D eigenvalue weighted by Crippen LogP contribution is -2.13. The topological polar surface area (TPSA) is 0 Å². The van der Waals surface area contributed by atoms with Crippen molar-refractivity contribution in [2.75, 3.05) is 0 Å². The van der Waals surface area contributed by atoms with E-state index >= 15 is 0 Å². The van der Waals surface area contributed by atoms with E-state index < -0.39 is 0 Å². The predicted octanol–water partition coefficient (Wildman–Crippen LogP) is 8.10. The van der Waals surface area contributed by atoms with E-state index in [1.165, 1.54) is 68.1 Å². The van der Waals surface area contributed by atoms with Gasteiger partial charge in [0.15, 0.2) is 0 Å². The second kappa shape index (κ2) is 9.97. The summed E-state index contributed by atoms with van der Waals surface area (Å²) in [4.78, 5) is 0. The summed E-state index contributed by atoms with van der Waals surface area (Å²) >= 11 is 5.98. The van der Waals surface area contributed by atoms with Gasteiger partial charge in [-0.2, -0.15) is 0 Å². The third kappa shape index (κ3) is 5.74. The highest BCUT2D eigenvalue weighted by atomic mass is 35.5. The summed E-state index contributed by atoms with van der Waals surface area (Å²) in [6, 6.07) is 17.2. The largest absolute Gasteiger partial charge is 0.0883 e. The molecule has 0 amide bonds. The van der Waals surface area contributed by atoms with E-state index in [0.717, 1.165) is 16.9 Å². The van der Waals surface area contributed by atoms with Crippen LogP contribution in [0, 0.1) is 11.8 Å². The quantitative estimate of drug-likeness (QED) is 0.434. The molecule has 0 heterocycles. The molecule has 1 aliphatic rings. The number of unbranched alkanes of at least 4 members (excludes halogenated alkanes) is 1. The van der Waals surface area contributed by atoms with Gasteiger partial charge in [-0.1, -0.05) is 73.5 Å². The Balaban J connectivity index is 1.45. The third-order valence-electron chi connectivity index (χ3n) is 5.73. The molecule has 0 bridgehead atoms. The summed E-state index contributed by atoms with van der Waals surface area (Å²) < 4.78 is 0. The maximum Gasteiger partial charge on any atom is 0.0406 e. The Bertz CT molecular complexity index is 673. The van der Waals surface area contributed by atoms with Crippen LogP contribution in [0.3, 0.4) is 0 Å². The van der Waals surface area contributed by atoms with Crippen LogP contribution in [0.2, 0.25) is 5.02 Å². The van der Waals surface area contributed by atoms with Crippen LogP contribution in [0.5, 0.6) is 0 Å². The maximum atomic E-state index is 5.98. The highest BCUT2D eigenvalue weighted by Crippen LogP contribution is 2.32. The number of halogens is 1. The zero-order chi connectivity index (χ0) is 18.2. The average Bonchev–Trinajstić information content (AvgIpc) is 2.69. The first-order valence-corrected chi connectivity index (χ1v) is 10.6. The molecule has 0 aromatic heterocycles. The van der Waals surface area contributed by atoms with E-state index in [4.69, 9.17) is 11.6 Å². The van der Waals surface area contributed by atoms with E-state index in [9.17, 15) is 0 Å². The van der Waals surface area contributed by atoms with Crippen LogP contribution in [-0.2, 0) is 6.42 Å². The van der Waals surface area contributed by atoms with E-state index in [1.807, 2.05) is 12.1 Å². The van der Waals surface area contributed by atoms with Crippen LogP contribution in [0.25, 0.3) is 11.1 Å². The smallest absolute Gasteiger partial charge is 0.0406 e. The summed E-state index contributed by atoms with van der Waals surface area (Å²) in [5.74, 6) is 1.76. The molecule has 0 radical (unpaired) electrons. The van der Waals surface area contributed by atoms with Gasteiger partial charge in [-0.15, -0.1) is 0 Å². The van der Waals surface area contributed by atoms with Crippen molar-refractivity contribution in [2.24, 2.45) is 11.8 Å². The number of hydrogen-bond donors (Lipinski definition) is 0. The molecule has 0 spiro atoms. The summed E-state index contributed by atoms with van der Waals surface area (Å²) in [6.45, 7) is 2.25. The van der Waals surface area contributed by atoms with Crippen LogP contribution in [0.15, 0.2) is 60.7 Å². The van der Waals surface area contributed by atoms with Crippen LogP contribution < -0.4 is 0 Å². The van der Waals surface area contributed by atoms with Crippen LogP contribution >= 0.6 is 11.6 Å². The highest BCUT2D eigenvalue weighted by molar-refractivity contribution is 6.30. The Kier molecular flexibility index (Phi) is 7.38. The highest BCUT2D eigenvalue weighted by Gasteiger charge is 2.19. The summed E-state index contributed by atoms with van der Waals surface area (Å²) in [7, 11) is 0. The molecule has 1 saturated carbocycles. The zero-order valence-electron chi connectivity index (χ0n) is 16.0. The Labute approximate surface area is 164 Å². The molecule has 0 aliphatic heterocycles. The minimum atomic E-state index is 0.793. The van der Waals surface area contributed by atoms with Gasteiger partial charge in [0.2, 0.25) is 0 Å². The van der Waals surface area contributed by atoms with E-state index in [1.54, 1.807) is 0 Å². The first-order valence-electron chi connectivity index (χ1n) is 10.3. The molecule has 26 heavy (non-hydrogen) atoms. The number of hydrogen-bond acceptors (Lipinski definition) is 0. The predicted molar refractivity (Wildman–Crippen MR) is 115 cm³/mol. The normalized spacial score (nSPS) is 20.5. The molecule has 1 fully saturated rings. The van der Waals surface area contributed by atoms with Gasteiger partial charge in [-0.3, -0.25) is 0 Å². The van der Waals surface area contributed by atoms with Crippen LogP contribution in [0.1, 0.15) is 57.4 Å². The van der Waals surface area contributed by atoms with Crippen molar-refractivity contribution >= 4 is 11.6 Å². The van der Waals surface area contributed by atoms with Gasteiger partial charge in [0.1, 0.15) is 0 Å². The molecule has 0 atom stereocenters. The lowest BCUT2D eigenvalue weighted by Gasteiger charge is -2.26. The minimum absolute atomic E-state index is 0.793. The lowest BCUT2D eigenvalue weighted by molar-refractivity contribution is 0.296. The second-order valence-electron chi connectivity index (χ2n) is 7.74. The number of allylic oxidation sites excluding steroid dienone is 2. The molecular formula is C25H31Cl. The van der Waals surface area contributed by atoms with Crippen molar-refractivity contribution in [1.82, 2.24) is 0 Å².